The molecule has 0 radical (unpaired) electrons. The normalized spacial score (nSPS) is 10.8. The van der Waals surface area contributed by atoms with Crippen molar-refractivity contribution in [1.82, 2.24) is 0 Å². The third-order valence-corrected chi connectivity index (χ3v) is 2.90. The van der Waals surface area contributed by atoms with Crippen LogP contribution in [0.15, 0.2) is 23.1 Å². The second kappa shape index (κ2) is 4.88. The zero-order valence-electron chi connectivity index (χ0n) is 8.25. The van der Waals surface area contributed by atoms with Gasteiger partial charge in [-0.15, -0.1) is 0 Å². The van der Waals surface area contributed by atoms with Crippen LogP contribution in [0.5, 0.6) is 0 Å². The van der Waals surface area contributed by atoms with Crippen molar-refractivity contribution in [1.29, 1.82) is 5.26 Å². The van der Waals surface area contributed by atoms with E-state index in [1.165, 1.54) is 12.1 Å². The molecule has 1 aromatic rings. The molecule has 1 N–H and O–H groups in total. The predicted molar refractivity (Wildman–Crippen MR) is 55.6 cm³/mol. The van der Waals surface area contributed by atoms with Crippen LogP contribution < -0.4 is 0 Å². The minimum absolute atomic E-state index is 0.176. The van der Waals surface area contributed by atoms with Gasteiger partial charge in [0.2, 0.25) is 0 Å². The van der Waals surface area contributed by atoms with E-state index in [1.807, 2.05) is 6.07 Å². The Labute approximate surface area is 93.1 Å². The summed E-state index contributed by atoms with van der Waals surface area (Å²) in [7, 11) is -4.27. The van der Waals surface area contributed by atoms with Crippen molar-refractivity contribution < 1.29 is 17.8 Å². The number of benzene rings is 1. The van der Waals surface area contributed by atoms with E-state index in [0.717, 1.165) is 6.07 Å². The van der Waals surface area contributed by atoms with E-state index in [2.05, 4.69) is 0 Å². The number of hydrogen-bond donors (Lipinski definition) is 1. The molecule has 0 unspecified atom stereocenters. The molecule has 0 bridgehead atoms. The molecule has 0 aliphatic heterocycles. The molecule has 1 rings (SSSR count). The van der Waals surface area contributed by atoms with E-state index < -0.39 is 10.1 Å². The van der Waals surface area contributed by atoms with Crippen LogP contribution >= 0.6 is 0 Å². The number of nitriles is 1. The minimum atomic E-state index is -4.27. The average molecular weight is 239 g/mol. The first-order chi connectivity index (χ1) is 7.49. The number of carbonyl (C=O) groups excluding carboxylic acids is 1. The van der Waals surface area contributed by atoms with Gasteiger partial charge in [0, 0.05) is 12.0 Å². The van der Waals surface area contributed by atoms with Gasteiger partial charge in [-0.05, 0) is 24.1 Å². The topological polar surface area (TPSA) is 95.2 Å². The summed E-state index contributed by atoms with van der Waals surface area (Å²) < 4.78 is 30.5. The number of nitrogens with zero attached hydrogens (tertiary/aromatic N) is 1. The molecule has 0 aliphatic rings. The smallest absolute Gasteiger partial charge is 0.294 e. The van der Waals surface area contributed by atoms with E-state index in [-0.39, 0.29) is 17.7 Å². The van der Waals surface area contributed by atoms with Gasteiger partial charge in [-0.2, -0.15) is 13.7 Å². The highest BCUT2D eigenvalue weighted by molar-refractivity contribution is 7.85. The van der Waals surface area contributed by atoms with Gasteiger partial charge < -0.3 is 0 Å². The average Bonchev–Trinajstić information content (AvgIpc) is 2.24. The lowest BCUT2D eigenvalue weighted by Crippen LogP contribution is -2.01. The molecule has 5 nitrogen and oxygen atoms in total. The first kappa shape index (κ1) is 12.4. The standard InChI is InChI=1S/C10H9NO4S/c11-5-1-2-8-6-10(16(13,14)15)4-3-9(8)7-12/h3-4,6-7H,1-2H2,(H,13,14,15). The van der Waals surface area contributed by atoms with Crippen molar-refractivity contribution in [2.75, 3.05) is 0 Å². The van der Waals surface area contributed by atoms with Gasteiger partial charge in [0.05, 0.1) is 11.0 Å². The molecule has 6 heteroatoms. The van der Waals surface area contributed by atoms with Crippen LogP contribution in [0.1, 0.15) is 22.3 Å². The quantitative estimate of drug-likeness (QED) is 0.629. The summed E-state index contributed by atoms with van der Waals surface area (Å²) in [4.78, 5) is 10.4. The Morgan fingerprint density at radius 3 is 2.62 bits per heavy atom. The molecule has 0 saturated carbocycles. The fraction of sp³-hybridized carbons (Fsp3) is 0.200. The predicted octanol–water partition coefficient (Wildman–Crippen LogP) is 1.20. The molecule has 0 heterocycles. The molecule has 0 aromatic heterocycles. The molecule has 0 aliphatic carbocycles. The van der Waals surface area contributed by atoms with Crippen molar-refractivity contribution in [3.8, 4) is 6.07 Å². The first-order valence-electron chi connectivity index (χ1n) is 4.41. The molecule has 0 atom stereocenters. The van der Waals surface area contributed by atoms with Crippen molar-refractivity contribution >= 4 is 16.4 Å². The van der Waals surface area contributed by atoms with E-state index in [4.69, 9.17) is 9.81 Å². The van der Waals surface area contributed by atoms with Crippen molar-refractivity contribution in [2.45, 2.75) is 17.7 Å². The molecular weight excluding hydrogens is 230 g/mol. The van der Waals surface area contributed by atoms with Gasteiger partial charge in [-0.3, -0.25) is 9.35 Å². The van der Waals surface area contributed by atoms with Gasteiger partial charge in [-0.25, -0.2) is 0 Å². The highest BCUT2D eigenvalue weighted by atomic mass is 32.2. The van der Waals surface area contributed by atoms with Gasteiger partial charge in [-0.1, -0.05) is 6.07 Å². The van der Waals surface area contributed by atoms with Crippen LogP contribution in [0.25, 0.3) is 0 Å². The summed E-state index contributed by atoms with van der Waals surface area (Å²) in [6.07, 6.45) is 1.03. The van der Waals surface area contributed by atoms with Crippen molar-refractivity contribution in [2.24, 2.45) is 0 Å². The lowest BCUT2D eigenvalue weighted by atomic mass is 10.0. The van der Waals surface area contributed by atoms with Crippen LogP contribution in [0.3, 0.4) is 0 Å². The first-order valence-corrected chi connectivity index (χ1v) is 5.85. The Morgan fingerprint density at radius 2 is 2.12 bits per heavy atom. The molecular formula is C10H9NO4S. The van der Waals surface area contributed by atoms with Gasteiger partial charge in [0.1, 0.15) is 6.29 Å². The Morgan fingerprint density at radius 1 is 1.44 bits per heavy atom. The number of hydrogen-bond acceptors (Lipinski definition) is 4. The van der Waals surface area contributed by atoms with Crippen LogP contribution in [0, 0.1) is 11.3 Å². The van der Waals surface area contributed by atoms with Gasteiger partial charge >= 0.3 is 0 Å². The molecule has 0 fully saturated rings. The second-order valence-electron chi connectivity index (χ2n) is 3.11. The van der Waals surface area contributed by atoms with E-state index in [9.17, 15) is 13.2 Å². The molecule has 0 saturated heterocycles. The van der Waals surface area contributed by atoms with Crippen LogP contribution in [-0.4, -0.2) is 19.3 Å². The van der Waals surface area contributed by atoms with Gasteiger partial charge in [0.15, 0.2) is 0 Å². The zero-order chi connectivity index (χ0) is 12.2. The summed E-state index contributed by atoms with van der Waals surface area (Å²) >= 11 is 0. The summed E-state index contributed by atoms with van der Waals surface area (Å²) in [6.45, 7) is 0. The third-order valence-electron chi connectivity index (χ3n) is 2.05. The minimum Gasteiger partial charge on any atom is -0.298 e. The Hall–Kier alpha value is -1.71. The molecule has 1 aromatic carbocycles. The molecule has 84 valence electrons. The maximum absolute atomic E-state index is 10.9. The zero-order valence-corrected chi connectivity index (χ0v) is 9.07. The van der Waals surface area contributed by atoms with Gasteiger partial charge in [0.25, 0.3) is 10.1 Å². The molecule has 0 spiro atoms. The monoisotopic (exact) mass is 239 g/mol. The van der Waals surface area contributed by atoms with Crippen molar-refractivity contribution in [3.63, 3.8) is 0 Å². The maximum atomic E-state index is 10.9. The lowest BCUT2D eigenvalue weighted by Gasteiger charge is -2.04. The van der Waals surface area contributed by atoms with Crippen LogP contribution in [0.2, 0.25) is 0 Å². The number of aldehydes is 1. The summed E-state index contributed by atoms with van der Waals surface area (Å²) in [5.74, 6) is 0. The molecule has 16 heavy (non-hydrogen) atoms. The largest absolute Gasteiger partial charge is 0.298 e. The van der Waals surface area contributed by atoms with Crippen LogP contribution in [0.4, 0.5) is 0 Å². The molecule has 0 amide bonds. The fourth-order valence-electron chi connectivity index (χ4n) is 1.26. The van der Waals surface area contributed by atoms with E-state index >= 15 is 0 Å². The Balaban J connectivity index is 3.22. The maximum Gasteiger partial charge on any atom is 0.294 e. The number of rotatable bonds is 4. The number of carbonyl (C=O) groups is 1. The summed E-state index contributed by atoms with van der Waals surface area (Å²) in [6, 6.07) is 5.56. The van der Waals surface area contributed by atoms with Crippen LogP contribution in [-0.2, 0) is 16.5 Å². The Kier molecular flexibility index (Phi) is 3.77. The van der Waals surface area contributed by atoms with E-state index in [1.54, 1.807) is 0 Å². The highest BCUT2D eigenvalue weighted by Gasteiger charge is 2.12. The summed E-state index contributed by atoms with van der Waals surface area (Å²) in [5, 5.41) is 8.41. The van der Waals surface area contributed by atoms with E-state index in [0.29, 0.717) is 17.4 Å². The highest BCUT2D eigenvalue weighted by Crippen LogP contribution is 2.16. The second-order valence-corrected chi connectivity index (χ2v) is 4.53. The number of aryl methyl sites for hydroxylation is 1. The third kappa shape index (κ3) is 2.89. The Bertz CT molecular complexity index is 542. The lowest BCUT2D eigenvalue weighted by molar-refractivity contribution is 0.112. The fourth-order valence-corrected chi connectivity index (χ4v) is 1.80. The van der Waals surface area contributed by atoms with Crippen molar-refractivity contribution in [3.05, 3.63) is 29.3 Å². The summed E-state index contributed by atoms with van der Waals surface area (Å²) in [5.41, 5.74) is 0.759. The SMILES string of the molecule is N#CCCc1cc(S(=O)(=O)O)ccc1C=O.